The minimum absolute atomic E-state index is 0. The van der Waals surface area contributed by atoms with Gasteiger partial charge < -0.3 is 20.4 Å². The summed E-state index contributed by atoms with van der Waals surface area (Å²) in [6.07, 6.45) is 0. The topological polar surface area (TPSA) is 227 Å². The van der Waals surface area contributed by atoms with Crippen molar-refractivity contribution in [3.63, 3.8) is 0 Å². The van der Waals surface area contributed by atoms with Gasteiger partial charge in [0.1, 0.15) is 27.6 Å². The van der Waals surface area contributed by atoms with Gasteiger partial charge in [-0.15, -0.1) is 15.3 Å². The van der Waals surface area contributed by atoms with E-state index in [0.717, 1.165) is 11.1 Å². The predicted molar refractivity (Wildman–Crippen MR) is 183 cm³/mol. The van der Waals surface area contributed by atoms with Crippen LogP contribution in [0.1, 0.15) is 10.4 Å². The van der Waals surface area contributed by atoms with Crippen LogP contribution in [-0.4, -0.2) is 39.4 Å². The van der Waals surface area contributed by atoms with Crippen molar-refractivity contribution in [3.8, 4) is 28.4 Å². The van der Waals surface area contributed by atoms with Crippen molar-refractivity contribution in [2.75, 3.05) is 0 Å². The maximum Gasteiger partial charge on any atom is 1.00 e. The summed E-state index contributed by atoms with van der Waals surface area (Å²) in [5.41, 5.74) is 2.68. The Kier molecular flexibility index (Phi) is 11.0. The van der Waals surface area contributed by atoms with E-state index in [2.05, 4.69) is 30.7 Å². The third-order valence-corrected chi connectivity index (χ3v) is 8.25. The molecule has 0 unspecified atom stereocenters. The summed E-state index contributed by atoms with van der Waals surface area (Å²) >= 11 is 0. The van der Waals surface area contributed by atoms with Crippen molar-refractivity contribution in [3.05, 3.63) is 121 Å². The average Bonchev–Trinajstić information content (AvgIpc) is 3.10. The van der Waals surface area contributed by atoms with Crippen LogP contribution in [0, 0.1) is 0 Å². The van der Waals surface area contributed by atoms with Crippen molar-refractivity contribution in [1.29, 1.82) is 0 Å². The summed E-state index contributed by atoms with van der Waals surface area (Å²) in [6.45, 7) is 0. The molecule has 5 N–H and O–H groups in total. The van der Waals surface area contributed by atoms with Crippen LogP contribution in [0.25, 0.3) is 21.9 Å². The minimum atomic E-state index is -4.49. The number of hydrogen-bond acceptors (Lipinski definition) is 12. The maximum absolute atomic E-state index is 11.8. The van der Waals surface area contributed by atoms with Crippen LogP contribution in [-0.2, 0) is 10.1 Å². The molecule has 0 saturated heterocycles. The van der Waals surface area contributed by atoms with Crippen molar-refractivity contribution in [2.24, 2.45) is 30.7 Å². The first-order valence-corrected chi connectivity index (χ1v) is 16.0. The molecular weight excluding hydrogens is 687 g/mol. The molecule has 0 aromatic heterocycles. The smallest absolute Gasteiger partial charge is 0.507 e. The molecule has 0 amide bonds. The van der Waals surface area contributed by atoms with Gasteiger partial charge in [-0.25, -0.2) is 4.79 Å². The molecule has 0 aliphatic rings. The summed E-state index contributed by atoms with van der Waals surface area (Å²) in [7, 11) is -4.49. The zero-order valence-corrected chi connectivity index (χ0v) is 29.3. The Labute approximate surface area is 311 Å². The molecule has 0 radical (unpaired) electrons. The van der Waals surface area contributed by atoms with Gasteiger partial charge in [-0.2, -0.15) is 23.8 Å². The summed E-state index contributed by atoms with van der Waals surface area (Å²) in [4.78, 5) is 10.9. The van der Waals surface area contributed by atoms with Gasteiger partial charge >= 0.3 is 35.5 Å². The van der Waals surface area contributed by atoms with E-state index in [-0.39, 0.29) is 79.7 Å². The molecular formula is C35H24N6NaO8S+. The van der Waals surface area contributed by atoms with Crippen LogP contribution in [0.4, 0.5) is 34.1 Å². The van der Waals surface area contributed by atoms with Gasteiger partial charge in [-0.05, 0) is 77.9 Å². The van der Waals surface area contributed by atoms with Crippen LogP contribution in [0.2, 0.25) is 0 Å². The molecule has 0 heterocycles. The number of rotatable bonds is 9. The fourth-order valence-corrected chi connectivity index (χ4v) is 5.53. The van der Waals surface area contributed by atoms with Crippen LogP contribution in [0.15, 0.2) is 151 Å². The second-order valence-corrected chi connectivity index (χ2v) is 12.0. The average molecular weight is 712 g/mol. The second kappa shape index (κ2) is 15.4. The quantitative estimate of drug-likeness (QED) is 0.0606. The fraction of sp³-hybridized carbons (Fsp3) is 0. The Hall–Kier alpha value is -5.84. The first-order valence-electron chi connectivity index (χ1n) is 14.5. The van der Waals surface area contributed by atoms with Crippen LogP contribution >= 0.6 is 0 Å². The Morgan fingerprint density at radius 1 is 0.549 bits per heavy atom. The maximum atomic E-state index is 11.8. The number of carbonyl (C=O) groups is 1. The standard InChI is InChI=1S/C35H24N6O8S.Na/c42-30-16-13-24(19-27(30)35(45)46)38-36-22-9-5-20(6-10-22)21-7-11-23(12-8-21)37-40-29-14-17-31(43)33(34(29)44)41-39-28-15-18-32(50(47,48)49)26-4-2-1-3-25(26)28;/h1-19,42-44H,(H,45,46)(H,47,48,49);/q;+1. The molecule has 0 saturated carbocycles. The number of phenols is 3. The van der Waals surface area contributed by atoms with E-state index in [9.17, 15) is 33.1 Å². The number of aromatic hydroxyl groups is 3. The summed E-state index contributed by atoms with van der Waals surface area (Å²) in [5.74, 6) is -2.50. The Bertz CT molecular complexity index is 2470. The third-order valence-electron chi connectivity index (χ3n) is 7.34. The number of fused-ring (bicyclic) bond motifs is 1. The summed E-state index contributed by atoms with van der Waals surface area (Å²) in [5, 5.41) is 65.1. The van der Waals surface area contributed by atoms with E-state index >= 15 is 0 Å². The zero-order valence-electron chi connectivity index (χ0n) is 26.5. The summed E-state index contributed by atoms with van der Waals surface area (Å²) < 4.78 is 33.2. The fourth-order valence-electron chi connectivity index (χ4n) is 4.83. The molecule has 6 aromatic carbocycles. The largest absolute Gasteiger partial charge is 1.00 e. The molecule has 6 aromatic rings. The molecule has 0 aliphatic heterocycles. The zero-order chi connectivity index (χ0) is 35.4. The third kappa shape index (κ3) is 8.31. The first kappa shape index (κ1) is 36.4. The monoisotopic (exact) mass is 711 g/mol. The summed E-state index contributed by atoms with van der Waals surface area (Å²) in [6, 6.07) is 29.7. The van der Waals surface area contributed by atoms with E-state index in [1.165, 1.54) is 48.5 Å². The van der Waals surface area contributed by atoms with E-state index in [0.29, 0.717) is 16.8 Å². The SMILES string of the molecule is O=C(O)c1cc(N=Nc2ccc(-c3ccc(N=Nc4ccc(O)c(N=Nc5ccc(S(=O)(=O)O)c6ccccc56)c4O)cc3)cc2)ccc1O.[Na+]. The van der Waals surface area contributed by atoms with Crippen LogP contribution in [0.5, 0.6) is 17.2 Å². The molecule has 0 atom stereocenters. The van der Waals surface area contributed by atoms with E-state index in [4.69, 9.17) is 5.11 Å². The van der Waals surface area contributed by atoms with Crippen molar-refractivity contribution in [1.82, 2.24) is 0 Å². The number of carboxylic acid groups (broad SMARTS) is 1. The Morgan fingerprint density at radius 2 is 1.06 bits per heavy atom. The van der Waals surface area contributed by atoms with Crippen molar-refractivity contribution in [2.45, 2.75) is 4.90 Å². The molecule has 16 heteroatoms. The Balaban J connectivity index is 0.00000504. The first-order chi connectivity index (χ1) is 24.0. The molecule has 248 valence electrons. The van der Waals surface area contributed by atoms with E-state index in [1.807, 2.05) is 24.3 Å². The second-order valence-electron chi connectivity index (χ2n) is 10.6. The van der Waals surface area contributed by atoms with Crippen molar-refractivity contribution < 1.29 is 67.7 Å². The molecule has 6 rings (SSSR count). The van der Waals surface area contributed by atoms with Crippen LogP contribution in [0.3, 0.4) is 0 Å². The Morgan fingerprint density at radius 3 is 1.67 bits per heavy atom. The normalized spacial score (nSPS) is 11.8. The van der Waals surface area contributed by atoms with Gasteiger partial charge in [0, 0.05) is 10.8 Å². The van der Waals surface area contributed by atoms with E-state index in [1.54, 1.807) is 42.5 Å². The van der Waals surface area contributed by atoms with Gasteiger partial charge in [0.05, 0.1) is 22.7 Å². The number of hydrogen-bond donors (Lipinski definition) is 5. The molecule has 14 nitrogen and oxygen atoms in total. The predicted octanol–water partition coefficient (Wildman–Crippen LogP) is 6.82. The molecule has 0 spiro atoms. The molecule has 51 heavy (non-hydrogen) atoms. The minimum Gasteiger partial charge on any atom is -0.507 e. The number of nitrogens with zero attached hydrogens (tertiary/aromatic N) is 6. The van der Waals surface area contributed by atoms with Gasteiger partial charge in [-0.1, -0.05) is 48.5 Å². The molecule has 0 bridgehead atoms. The number of benzene rings is 6. The van der Waals surface area contributed by atoms with Gasteiger partial charge in [0.2, 0.25) is 0 Å². The van der Waals surface area contributed by atoms with Crippen molar-refractivity contribution >= 4 is 61.0 Å². The number of carboxylic acids is 1. The number of aromatic carboxylic acids is 1. The van der Waals surface area contributed by atoms with Crippen LogP contribution < -0.4 is 29.6 Å². The van der Waals surface area contributed by atoms with Gasteiger partial charge in [0.25, 0.3) is 10.1 Å². The molecule has 0 aliphatic carbocycles. The number of azo groups is 3. The van der Waals surface area contributed by atoms with E-state index < -0.39 is 21.8 Å². The molecule has 0 fully saturated rings. The van der Waals surface area contributed by atoms with Gasteiger partial charge in [0.15, 0.2) is 11.4 Å². The van der Waals surface area contributed by atoms with Gasteiger partial charge in [-0.3, -0.25) is 4.55 Å². The number of phenolic OH excluding ortho intramolecular Hbond substituents is 2.